The molecule has 1 aliphatic rings. The normalized spacial score (nSPS) is 23.6. The van der Waals surface area contributed by atoms with Gasteiger partial charge in [0.1, 0.15) is 0 Å². The van der Waals surface area contributed by atoms with E-state index in [0.717, 1.165) is 17.5 Å². The Morgan fingerprint density at radius 3 is 2.87 bits per heavy atom. The highest BCUT2D eigenvalue weighted by molar-refractivity contribution is 5.66. The molecule has 0 aliphatic heterocycles. The minimum absolute atomic E-state index is 0.136. The lowest BCUT2D eigenvalue weighted by Crippen LogP contribution is -2.39. The first-order chi connectivity index (χ1) is 7.11. The van der Waals surface area contributed by atoms with Gasteiger partial charge in [-0.05, 0) is 17.5 Å². The van der Waals surface area contributed by atoms with Gasteiger partial charge in [0.25, 0.3) is 0 Å². The highest BCUT2D eigenvalue weighted by Gasteiger charge is 2.34. The van der Waals surface area contributed by atoms with Gasteiger partial charge in [0.15, 0.2) is 0 Å². The summed E-state index contributed by atoms with van der Waals surface area (Å²) in [5.74, 6) is 0. The van der Waals surface area contributed by atoms with Gasteiger partial charge in [-0.25, -0.2) is 4.79 Å². The molecule has 80 valence electrons. The molecule has 0 fully saturated rings. The van der Waals surface area contributed by atoms with E-state index in [2.05, 4.69) is 0 Å². The summed E-state index contributed by atoms with van der Waals surface area (Å²) in [6, 6.07) is 7.48. The minimum atomic E-state index is -0.938. The van der Waals surface area contributed by atoms with Crippen LogP contribution in [0.1, 0.15) is 17.2 Å². The molecule has 4 heteroatoms. The van der Waals surface area contributed by atoms with Crippen LogP contribution in [0.25, 0.3) is 0 Å². The smallest absolute Gasteiger partial charge is 0.407 e. The SMILES string of the molecule is CN(C(=O)O)[C@@H]1c2ccccc2C[C@H]1N. The number of hydrogen-bond donors (Lipinski definition) is 2. The van der Waals surface area contributed by atoms with Crippen LogP contribution in [0.4, 0.5) is 4.79 Å². The van der Waals surface area contributed by atoms with E-state index in [1.165, 1.54) is 4.90 Å². The average Bonchev–Trinajstić information content (AvgIpc) is 2.52. The van der Waals surface area contributed by atoms with E-state index in [-0.39, 0.29) is 12.1 Å². The standard InChI is InChI=1S/C11H14N2O2/c1-13(11(14)15)10-8-5-3-2-4-7(8)6-9(10)12/h2-5,9-10H,6,12H2,1H3,(H,14,15)/t9-,10-/m1/s1. The molecule has 15 heavy (non-hydrogen) atoms. The Bertz CT molecular complexity index is 392. The van der Waals surface area contributed by atoms with E-state index < -0.39 is 6.09 Å². The van der Waals surface area contributed by atoms with Crippen molar-refractivity contribution in [3.63, 3.8) is 0 Å². The first kappa shape index (κ1) is 9.98. The Morgan fingerprint density at radius 1 is 1.53 bits per heavy atom. The topological polar surface area (TPSA) is 66.6 Å². The van der Waals surface area contributed by atoms with Crippen LogP contribution >= 0.6 is 0 Å². The zero-order chi connectivity index (χ0) is 11.0. The summed E-state index contributed by atoms with van der Waals surface area (Å²) < 4.78 is 0. The quantitative estimate of drug-likeness (QED) is 0.726. The highest BCUT2D eigenvalue weighted by atomic mass is 16.4. The van der Waals surface area contributed by atoms with Crippen molar-refractivity contribution in [2.24, 2.45) is 5.73 Å². The maximum atomic E-state index is 10.9. The fourth-order valence-corrected chi connectivity index (χ4v) is 2.22. The van der Waals surface area contributed by atoms with Gasteiger partial charge in [-0.3, -0.25) is 0 Å². The third-order valence-electron chi connectivity index (χ3n) is 2.95. The maximum Gasteiger partial charge on any atom is 0.407 e. The van der Waals surface area contributed by atoms with Crippen molar-refractivity contribution in [3.05, 3.63) is 35.4 Å². The fourth-order valence-electron chi connectivity index (χ4n) is 2.22. The van der Waals surface area contributed by atoms with Gasteiger partial charge >= 0.3 is 6.09 Å². The largest absolute Gasteiger partial charge is 0.465 e. The third kappa shape index (κ3) is 1.57. The van der Waals surface area contributed by atoms with Crippen molar-refractivity contribution in [1.29, 1.82) is 0 Å². The molecule has 1 amide bonds. The Balaban J connectivity index is 2.37. The van der Waals surface area contributed by atoms with Crippen molar-refractivity contribution < 1.29 is 9.90 Å². The second kappa shape index (κ2) is 3.55. The molecule has 0 unspecified atom stereocenters. The first-order valence-corrected chi connectivity index (χ1v) is 4.90. The van der Waals surface area contributed by atoms with E-state index in [9.17, 15) is 4.79 Å². The second-order valence-corrected chi connectivity index (χ2v) is 3.91. The molecule has 0 radical (unpaired) electrons. The number of amides is 1. The molecule has 1 aromatic carbocycles. The molecule has 4 nitrogen and oxygen atoms in total. The van der Waals surface area contributed by atoms with Crippen molar-refractivity contribution in [1.82, 2.24) is 4.90 Å². The molecule has 0 saturated carbocycles. The average molecular weight is 206 g/mol. The molecule has 1 aromatic rings. The predicted molar refractivity (Wildman–Crippen MR) is 56.7 cm³/mol. The number of nitrogens with two attached hydrogens (primary N) is 1. The molecule has 3 N–H and O–H groups in total. The summed E-state index contributed by atoms with van der Waals surface area (Å²) in [5.41, 5.74) is 8.16. The highest BCUT2D eigenvalue weighted by Crippen LogP contribution is 2.33. The predicted octanol–water partition coefficient (Wildman–Crippen LogP) is 1.22. The number of hydrogen-bond acceptors (Lipinski definition) is 2. The molecule has 2 rings (SSSR count). The first-order valence-electron chi connectivity index (χ1n) is 4.90. The zero-order valence-corrected chi connectivity index (χ0v) is 8.55. The van der Waals surface area contributed by atoms with Gasteiger partial charge in [-0.2, -0.15) is 0 Å². The maximum absolute atomic E-state index is 10.9. The fraction of sp³-hybridized carbons (Fsp3) is 0.364. The van der Waals surface area contributed by atoms with Crippen molar-refractivity contribution in [2.75, 3.05) is 7.05 Å². The van der Waals surface area contributed by atoms with Gasteiger partial charge in [0.05, 0.1) is 6.04 Å². The zero-order valence-electron chi connectivity index (χ0n) is 8.55. The van der Waals surface area contributed by atoms with Crippen molar-refractivity contribution in [2.45, 2.75) is 18.5 Å². The Morgan fingerprint density at radius 2 is 2.20 bits per heavy atom. The summed E-state index contributed by atoms with van der Waals surface area (Å²) in [5, 5.41) is 8.96. The van der Waals surface area contributed by atoms with E-state index >= 15 is 0 Å². The van der Waals surface area contributed by atoms with E-state index in [1.807, 2.05) is 24.3 Å². The second-order valence-electron chi connectivity index (χ2n) is 3.91. The molecular weight excluding hydrogens is 192 g/mol. The monoisotopic (exact) mass is 206 g/mol. The van der Waals surface area contributed by atoms with Gasteiger partial charge in [-0.1, -0.05) is 24.3 Å². The van der Waals surface area contributed by atoms with Crippen LogP contribution in [0.3, 0.4) is 0 Å². The lowest BCUT2D eigenvalue weighted by atomic mass is 10.1. The van der Waals surface area contributed by atoms with Crippen LogP contribution in [0, 0.1) is 0 Å². The molecule has 0 heterocycles. The van der Waals surface area contributed by atoms with Crippen LogP contribution in [-0.4, -0.2) is 29.2 Å². The van der Waals surface area contributed by atoms with Crippen LogP contribution in [0.5, 0.6) is 0 Å². The molecule has 1 aliphatic carbocycles. The summed E-state index contributed by atoms with van der Waals surface area (Å²) in [6.07, 6.45) is -0.189. The lowest BCUT2D eigenvalue weighted by molar-refractivity contribution is 0.134. The van der Waals surface area contributed by atoms with Crippen molar-refractivity contribution in [3.8, 4) is 0 Å². The summed E-state index contributed by atoms with van der Waals surface area (Å²) >= 11 is 0. The molecule has 0 aromatic heterocycles. The van der Waals surface area contributed by atoms with Crippen LogP contribution in [0.15, 0.2) is 24.3 Å². The lowest BCUT2D eigenvalue weighted by Gasteiger charge is -2.25. The van der Waals surface area contributed by atoms with E-state index in [4.69, 9.17) is 10.8 Å². The van der Waals surface area contributed by atoms with E-state index in [0.29, 0.717) is 0 Å². The molecule has 0 saturated heterocycles. The van der Waals surface area contributed by atoms with Gasteiger partial charge < -0.3 is 15.7 Å². The third-order valence-corrected chi connectivity index (χ3v) is 2.95. The molecular formula is C11H14N2O2. The van der Waals surface area contributed by atoms with Crippen molar-refractivity contribution >= 4 is 6.09 Å². The number of rotatable bonds is 1. The summed E-state index contributed by atoms with van der Waals surface area (Å²) in [7, 11) is 1.56. The van der Waals surface area contributed by atoms with E-state index in [1.54, 1.807) is 7.05 Å². The van der Waals surface area contributed by atoms with Gasteiger partial charge in [0, 0.05) is 13.1 Å². The Kier molecular flexibility index (Phi) is 2.36. The number of likely N-dealkylation sites (N-methyl/N-ethyl adjacent to an activating group) is 1. The minimum Gasteiger partial charge on any atom is -0.465 e. The van der Waals surface area contributed by atoms with Gasteiger partial charge in [-0.15, -0.1) is 0 Å². The number of nitrogens with zero attached hydrogens (tertiary/aromatic N) is 1. The number of carboxylic acid groups (broad SMARTS) is 1. The van der Waals surface area contributed by atoms with Crippen LogP contribution < -0.4 is 5.73 Å². The van der Waals surface area contributed by atoms with Crippen LogP contribution in [-0.2, 0) is 6.42 Å². The molecule has 0 bridgehead atoms. The number of benzene rings is 1. The Hall–Kier alpha value is -1.55. The molecule has 0 spiro atoms. The Labute approximate surface area is 88.3 Å². The van der Waals surface area contributed by atoms with Gasteiger partial charge in [0.2, 0.25) is 0 Å². The number of carbonyl (C=O) groups is 1. The van der Waals surface area contributed by atoms with Crippen LogP contribution in [0.2, 0.25) is 0 Å². The molecule has 2 atom stereocenters. The number of fused-ring (bicyclic) bond motifs is 1. The summed E-state index contributed by atoms with van der Waals surface area (Å²) in [4.78, 5) is 12.2. The summed E-state index contributed by atoms with van der Waals surface area (Å²) in [6.45, 7) is 0.